The van der Waals surface area contributed by atoms with E-state index < -0.39 is 0 Å². The highest BCUT2D eigenvalue weighted by molar-refractivity contribution is 14.0. The molecule has 0 aromatic heterocycles. The second-order valence-corrected chi connectivity index (χ2v) is 5.00. The number of nitrogens with one attached hydrogen (secondary N) is 2. The molecule has 0 aliphatic carbocycles. The Kier molecular flexibility index (Phi) is 11.0. The van der Waals surface area contributed by atoms with Crippen LogP contribution in [0.1, 0.15) is 19.4 Å². The molecule has 0 heterocycles. The molecule has 1 rings (SSSR count). The molecule has 0 saturated carbocycles. The number of hydrogen-bond acceptors (Lipinski definition) is 3. The van der Waals surface area contributed by atoms with Crippen LogP contribution in [0.15, 0.2) is 29.3 Å². The molecule has 0 saturated heterocycles. The van der Waals surface area contributed by atoms with Crippen molar-refractivity contribution >= 4 is 47.5 Å². The number of halogens is 2. The van der Waals surface area contributed by atoms with Gasteiger partial charge < -0.3 is 15.4 Å². The van der Waals surface area contributed by atoms with Crippen molar-refractivity contribution in [3.05, 3.63) is 34.9 Å². The van der Waals surface area contributed by atoms with Crippen molar-refractivity contribution in [1.29, 1.82) is 0 Å². The largest absolute Gasteiger partial charge is 0.469 e. The molecule has 0 fully saturated rings. The van der Waals surface area contributed by atoms with Crippen LogP contribution in [0.25, 0.3) is 0 Å². The Balaban J connectivity index is 0.00000441. The maximum atomic E-state index is 11.4. The summed E-state index contributed by atoms with van der Waals surface area (Å²) in [4.78, 5) is 15.8. The van der Waals surface area contributed by atoms with E-state index >= 15 is 0 Å². The average molecular weight is 440 g/mol. The molecule has 1 aromatic rings. The predicted octanol–water partition coefficient (Wildman–Crippen LogP) is 2.82. The zero-order valence-corrected chi connectivity index (χ0v) is 16.1. The van der Waals surface area contributed by atoms with Gasteiger partial charge in [0.25, 0.3) is 0 Å². The van der Waals surface area contributed by atoms with E-state index in [0.717, 1.165) is 12.1 Å². The zero-order valence-electron chi connectivity index (χ0n) is 13.1. The molecule has 1 aromatic carbocycles. The number of carbonyl (C=O) groups excluding carboxylic acids is 1. The highest BCUT2D eigenvalue weighted by Crippen LogP contribution is 2.15. The van der Waals surface area contributed by atoms with Gasteiger partial charge in [0.05, 0.1) is 19.6 Å². The first kappa shape index (κ1) is 21.0. The number of nitrogens with zero attached hydrogens (tertiary/aromatic N) is 1. The van der Waals surface area contributed by atoms with Crippen LogP contribution in [0, 0.1) is 5.92 Å². The predicted molar refractivity (Wildman–Crippen MR) is 101 cm³/mol. The van der Waals surface area contributed by atoms with E-state index in [4.69, 9.17) is 16.3 Å². The maximum Gasteiger partial charge on any atom is 0.310 e. The van der Waals surface area contributed by atoms with Crippen LogP contribution in [0.2, 0.25) is 5.02 Å². The van der Waals surface area contributed by atoms with Crippen LogP contribution >= 0.6 is 35.6 Å². The van der Waals surface area contributed by atoms with E-state index in [2.05, 4.69) is 15.6 Å². The van der Waals surface area contributed by atoms with E-state index in [-0.39, 0.29) is 35.9 Å². The van der Waals surface area contributed by atoms with Crippen LogP contribution in [-0.4, -0.2) is 32.1 Å². The molecule has 0 aliphatic rings. The van der Waals surface area contributed by atoms with Crippen LogP contribution in [0.5, 0.6) is 0 Å². The molecule has 0 aliphatic heterocycles. The smallest absolute Gasteiger partial charge is 0.310 e. The first-order chi connectivity index (χ1) is 10.1. The molecule has 22 heavy (non-hydrogen) atoms. The summed E-state index contributed by atoms with van der Waals surface area (Å²) in [6.45, 7) is 5.45. The number of hydrogen-bond donors (Lipinski definition) is 2. The summed E-state index contributed by atoms with van der Waals surface area (Å²) in [6, 6.07) is 7.59. The van der Waals surface area contributed by atoms with Crippen molar-refractivity contribution in [3.63, 3.8) is 0 Å². The number of ether oxygens (including phenoxy) is 1. The molecule has 124 valence electrons. The van der Waals surface area contributed by atoms with Crippen molar-refractivity contribution in [2.24, 2.45) is 10.9 Å². The van der Waals surface area contributed by atoms with Gasteiger partial charge in [-0.3, -0.25) is 4.79 Å². The highest BCUT2D eigenvalue weighted by Gasteiger charge is 2.13. The third-order valence-corrected chi connectivity index (χ3v) is 3.26. The Hall–Kier alpha value is -1.02. The second kappa shape index (κ2) is 11.5. The molecule has 5 nitrogen and oxygen atoms in total. The van der Waals surface area contributed by atoms with Crippen molar-refractivity contribution in [2.45, 2.75) is 20.4 Å². The summed E-state index contributed by atoms with van der Waals surface area (Å²) >= 11 is 6.10. The maximum absolute atomic E-state index is 11.4. The van der Waals surface area contributed by atoms with Gasteiger partial charge in [-0.2, -0.15) is 0 Å². The Morgan fingerprint density at radius 3 is 2.64 bits per heavy atom. The van der Waals surface area contributed by atoms with Crippen LogP contribution in [0.3, 0.4) is 0 Å². The minimum absolute atomic E-state index is 0. The lowest BCUT2D eigenvalue weighted by molar-refractivity contribution is -0.144. The lowest BCUT2D eigenvalue weighted by Gasteiger charge is -2.14. The van der Waals surface area contributed by atoms with Gasteiger partial charge in [0, 0.05) is 18.1 Å². The van der Waals surface area contributed by atoms with Crippen molar-refractivity contribution in [2.75, 3.05) is 20.2 Å². The van der Waals surface area contributed by atoms with E-state index in [9.17, 15) is 4.79 Å². The zero-order chi connectivity index (χ0) is 15.7. The molecule has 7 heteroatoms. The van der Waals surface area contributed by atoms with Crippen molar-refractivity contribution < 1.29 is 9.53 Å². The van der Waals surface area contributed by atoms with Gasteiger partial charge in [0.1, 0.15) is 0 Å². The standard InChI is InChI=1S/C15H22ClN3O2.HI/c1-4-17-15(18-9-11(2)14(20)21-3)19-10-12-7-5-6-8-13(12)16;/h5-8,11H,4,9-10H2,1-3H3,(H2,17,18,19);1H. The lowest BCUT2D eigenvalue weighted by atomic mass is 10.2. The molecule has 0 amide bonds. The van der Waals surface area contributed by atoms with E-state index in [1.54, 1.807) is 6.92 Å². The molecule has 0 bridgehead atoms. The SMILES string of the molecule is CCNC(=NCc1ccccc1Cl)NCC(C)C(=O)OC.I. The second-order valence-electron chi connectivity index (χ2n) is 4.59. The Morgan fingerprint density at radius 2 is 2.05 bits per heavy atom. The number of methoxy groups -OCH3 is 1. The molecule has 1 atom stereocenters. The Labute approximate surface area is 153 Å². The molecular formula is C15H23ClIN3O2. The fraction of sp³-hybridized carbons (Fsp3) is 0.467. The summed E-state index contributed by atoms with van der Waals surface area (Å²) in [5.41, 5.74) is 0.956. The number of guanidine groups is 1. The van der Waals surface area contributed by atoms with Gasteiger partial charge >= 0.3 is 5.97 Å². The van der Waals surface area contributed by atoms with Crippen LogP contribution < -0.4 is 10.6 Å². The molecule has 1 unspecified atom stereocenters. The highest BCUT2D eigenvalue weighted by atomic mass is 127. The monoisotopic (exact) mass is 439 g/mol. The summed E-state index contributed by atoms with van der Waals surface area (Å²) in [5, 5.41) is 6.94. The van der Waals surface area contributed by atoms with Crippen LogP contribution in [0.4, 0.5) is 0 Å². The quantitative estimate of drug-likeness (QED) is 0.310. The summed E-state index contributed by atoms with van der Waals surface area (Å²) in [7, 11) is 1.38. The number of carbonyl (C=O) groups is 1. The molecular weight excluding hydrogens is 417 g/mol. The first-order valence-corrected chi connectivity index (χ1v) is 7.29. The number of rotatable bonds is 6. The van der Waals surface area contributed by atoms with Gasteiger partial charge in [-0.15, -0.1) is 24.0 Å². The molecule has 0 spiro atoms. The molecule has 0 radical (unpaired) electrons. The third kappa shape index (κ3) is 7.31. The first-order valence-electron chi connectivity index (χ1n) is 6.91. The third-order valence-electron chi connectivity index (χ3n) is 2.89. The number of esters is 1. The normalized spacial score (nSPS) is 12.1. The van der Waals surface area contributed by atoms with Gasteiger partial charge in [-0.1, -0.05) is 36.7 Å². The lowest BCUT2D eigenvalue weighted by Crippen LogP contribution is -2.40. The minimum Gasteiger partial charge on any atom is -0.469 e. The van der Waals surface area contributed by atoms with E-state index in [1.807, 2.05) is 31.2 Å². The van der Waals surface area contributed by atoms with Crippen molar-refractivity contribution in [1.82, 2.24) is 10.6 Å². The van der Waals surface area contributed by atoms with E-state index in [1.165, 1.54) is 7.11 Å². The fourth-order valence-corrected chi connectivity index (χ4v) is 1.86. The fourth-order valence-electron chi connectivity index (χ4n) is 1.67. The van der Waals surface area contributed by atoms with Gasteiger partial charge in [-0.25, -0.2) is 4.99 Å². The van der Waals surface area contributed by atoms with Gasteiger partial charge in [0.15, 0.2) is 5.96 Å². The van der Waals surface area contributed by atoms with Crippen molar-refractivity contribution in [3.8, 4) is 0 Å². The van der Waals surface area contributed by atoms with E-state index in [0.29, 0.717) is 24.1 Å². The minimum atomic E-state index is -0.246. The Bertz CT molecular complexity index is 497. The Morgan fingerprint density at radius 1 is 1.36 bits per heavy atom. The summed E-state index contributed by atoms with van der Waals surface area (Å²) < 4.78 is 4.69. The summed E-state index contributed by atoms with van der Waals surface area (Å²) in [6.07, 6.45) is 0. The van der Waals surface area contributed by atoms with Gasteiger partial charge in [0.2, 0.25) is 0 Å². The number of aliphatic imine (C=N–C) groups is 1. The topological polar surface area (TPSA) is 62.7 Å². The molecule has 2 N–H and O–H groups in total. The van der Waals surface area contributed by atoms with Crippen LogP contribution in [-0.2, 0) is 16.1 Å². The average Bonchev–Trinajstić information content (AvgIpc) is 2.50. The number of benzene rings is 1. The van der Waals surface area contributed by atoms with Gasteiger partial charge in [-0.05, 0) is 18.6 Å². The summed E-state index contributed by atoms with van der Waals surface area (Å²) in [5.74, 6) is 0.164.